The number of benzene rings is 1. The molecule has 1 unspecified atom stereocenters. The molecular weight excluding hydrogens is 313 g/mol. The number of nitrogens with zero attached hydrogens (tertiary/aromatic N) is 3. The van der Waals surface area contributed by atoms with E-state index in [1.807, 2.05) is 0 Å². The van der Waals surface area contributed by atoms with Crippen molar-refractivity contribution in [3.8, 4) is 0 Å². The normalized spacial score (nSPS) is 12.8. The van der Waals surface area contributed by atoms with Crippen LogP contribution in [0.15, 0.2) is 47.5 Å². The van der Waals surface area contributed by atoms with Crippen LogP contribution in [0.5, 0.6) is 0 Å². The molecule has 4 nitrogen and oxygen atoms in total. The third kappa shape index (κ3) is 2.02. The molecule has 0 bridgehead atoms. The molecule has 0 amide bonds. The van der Waals surface area contributed by atoms with Crippen molar-refractivity contribution in [3.05, 3.63) is 64.4 Å². The number of hydrogen-bond acceptors (Lipinski definition) is 3. The number of fused-ring (bicyclic) bond motifs is 1. The first-order valence-corrected chi connectivity index (χ1v) is 6.37. The molecule has 0 saturated carbocycles. The Morgan fingerprint density at radius 3 is 2.95 bits per heavy atom. The van der Waals surface area contributed by atoms with Gasteiger partial charge in [0, 0.05) is 23.5 Å². The predicted molar refractivity (Wildman–Crippen MR) is 71.1 cm³/mol. The smallest absolute Gasteiger partial charge is 0.143 e. The van der Waals surface area contributed by atoms with Gasteiger partial charge in [-0.05, 0) is 22.0 Å². The highest BCUT2D eigenvalue weighted by molar-refractivity contribution is 9.10. The topological polar surface area (TPSA) is 50.4 Å². The summed E-state index contributed by atoms with van der Waals surface area (Å²) in [4.78, 5) is 3.99. The highest BCUT2D eigenvalue weighted by atomic mass is 79.9. The first-order chi connectivity index (χ1) is 9.18. The summed E-state index contributed by atoms with van der Waals surface area (Å²) in [6.07, 6.45) is 5.28. The Bertz CT molecular complexity index is 744. The molecule has 0 aliphatic carbocycles. The molecule has 1 aromatic carbocycles. The van der Waals surface area contributed by atoms with Crippen molar-refractivity contribution in [1.82, 2.24) is 14.6 Å². The SMILES string of the molecule is OC(c1cccc(Br)c1F)c1cnn2ccncc12. The first kappa shape index (κ1) is 12.3. The Labute approximate surface area is 116 Å². The van der Waals surface area contributed by atoms with Gasteiger partial charge in [0.1, 0.15) is 11.9 Å². The second kappa shape index (κ2) is 4.71. The number of hydrogen-bond donors (Lipinski definition) is 1. The van der Waals surface area contributed by atoms with Gasteiger partial charge in [-0.2, -0.15) is 5.10 Å². The van der Waals surface area contributed by atoms with Gasteiger partial charge in [0.05, 0.1) is 22.4 Å². The van der Waals surface area contributed by atoms with Crippen molar-refractivity contribution < 1.29 is 9.50 Å². The Kier molecular flexibility index (Phi) is 3.04. The monoisotopic (exact) mass is 321 g/mol. The molecule has 0 radical (unpaired) electrons. The Morgan fingerprint density at radius 2 is 2.11 bits per heavy atom. The maximum absolute atomic E-state index is 14.0. The van der Waals surface area contributed by atoms with Crippen molar-refractivity contribution in [2.45, 2.75) is 6.10 Å². The first-order valence-electron chi connectivity index (χ1n) is 5.57. The van der Waals surface area contributed by atoms with E-state index in [2.05, 4.69) is 26.0 Å². The fourth-order valence-corrected chi connectivity index (χ4v) is 2.34. The molecule has 0 saturated heterocycles. The summed E-state index contributed by atoms with van der Waals surface area (Å²) in [7, 11) is 0. The van der Waals surface area contributed by atoms with Crippen molar-refractivity contribution in [2.75, 3.05) is 0 Å². The van der Waals surface area contributed by atoms with E-state index in [4.69, 9.17) is 0 Å². The van der Waals surface area contributed by atoms with E-state index in [-0.39, 0.29) is 5.56 Å². The summed E-state index contributed by atoms with van der Waals surface area (Å²) in [6, 6.07) is 4.81. The van der Waals surface area contributed by atoms with E-state index in [9.17, 15) is 9.50 Å². The molecule has 0 aliphatic rings. The van der Waals surface area contributed by atoms with Gasteiger partial charge in [0.15, 0.2) is 0 Å². The van der Waals surface area contributed by atoms with Gasteiger partial charge in [0.25, 0.3) is 0 Å². The minimum Gasteiger partial charge on any atom is -0.383 e. The molecule has 3 aromatic rings. The number of aromatic nitrogens is 3. The zero-order valence-electron chi connectivity index (χ0n) is 9.66. The Hall–Kier alpha value is -1.79. The summed E-state index contributed by atoms with van der Waals surface area (Å²) in [5, 5.41) is 14.4. The fraction of sp³-hybridized carbons (Fsp3) is 0.0769. The lowest BCUT2D eigenvalue weighted by Crippen LogP contribution is -2.03. The van der Waals surface area contributed by atoms with Crippen molar-refractivity contribution in [3.63, 3.8) is 0 Å². The largest absolute Gasteiger partial charge is 0.383 e. The quantitative estimate of drug-likeness (QED) is 0.789. The van der Waals surface area contributed by atoms with Crippen LogP contribution in [0.4, 0.5) is 4.39 Å². The van der Waals surface area contributed by atoms with Crippen LogP contribution in [0.2, 0.25) is 0 Å². The second-order valence-electron chi connectivity index (χ2n) is 4.05. The molecule has 3 rings (SSSR count). The van der Waals surface area contributed by atoms with Gasteiger partial charge in [-0.1, -0.05) is 12.1 Å². The van der Waals surface area contributed by atoms with Crippen LogP contribution in [0.25, 0.3) is 5.52 Å². The summed E-state index contributed by atoms with van der Waals surface area (Å²) < 4.78 is 15.9. The van der Waals surface area contributed by atoms with E-state index in [1.54, 1.807) is 41.3 Å². The van der Waals surface area contributed by atoms with E-state index >= 15 is 0 Å². The van der Waals surface area contributed by atoms with Crippen LogP contribution in [-0.2, 0) is 0 Å². The van der Waals surface area contributed by atoms with Crippen LogP contribution >= 0.6 is 15.9 Å². The van der Waals surface area contributed by atoms with Crippen LogP contribution < -0.4 is 0 Å². The van der Waals surface area contributed by atoms with Crippen LogP contribution in [0.3, 0.4) is 0 Å². The number of rotatable bonds is 2. The van der Waals surface area contributed by atoms with Crippen molar-refractivity contribution in [1.29, 1.82) is 0 Å². The third-order valence-electron chi connectivity index (χ3n) is 2.93. The van der Waals surface area contributed by atoms with Crippen LogP contribution in [0, 0.1) is 5.82 Å². The lowest BCUT2D eigenvalue weighted by atomic mass is 10.0. The summed E-state index contributed by atoms with van der Waals surface area (Å²) in [6.45, 7) is 0. The lowest BCUT2D eigenvalue weighted by Gasteiger charge is -2.11. The molecule has 96 valence electrons. The van der Waals surface area contributed by atoms with Gasteiger partial charge < -0.3 is 5.11 Å². The van der Waals surface area contributed by atoms with E-state index in [0.29, 0.717) is 15.6 Å². The lowest BCUT2D eigenvalue weighted by molar-refractivity contribution is 0.216. The Morgan fingerprint density at radius 1 is 1.26 bits per heavy atom. The zero-order valence-corrected chi connectivity index (χ0v) is 11.2. The van der Waals surface area contributed by atoms with Gasteiger partial charge in [-0.3, -0.25) is 4.98 Å². The summed E-state index contributed by atoms with van der Waals surface area (Å²) in [5.74, 6) is -0.474. The van der Waals surface area contributed by atoms with Gasteiger partial charge in [-0.15, -0.1) is 0 Å². The average Bonchev–Trinajstić information content (AvgIpc) is 2.85. The number of halogens is 2. The van der Waals surface area contributed by atoms with Crippen molar-refractivity contribution >= 4 is 21.4 Å². The van der Waals surface area contributed by atoms with E-state index in [0.717, 1.165) is 0 Å². The molecule has 1 N–H and O–H groups in total. The number of aliphatic hydroxyl groups excluding tert-OH is 1. The molecule has 0 fully saturated rings. The van der Waals surface area contributed by atoms with Gasteiger partial charge in [-0.25, -0.2) is 8.91 Å². The van der Waals surface area contributed by atoms with Crippen LogP contribution in [-0.4, -0.2) is 19.7 Å². The third-order valence-corrected chi connectivity index (χ3v) is 3.54. The predicted octanol–water partition coefficient (Wildman–Crippen LogP) is 2.71. The zero-order chi connectivity index (χ0) is 13.4. The molecular formula is C13H9BrFN3O. The summed E-state index contributed by atoms with van der Waals surface area (Å²) >= 11 is 3.11. The maximum Gasteiger partial charge on any atom is 0.143 e. The Balaban J connectivity index is 2.13. The molecule has 0 spiro atoms. The molecule has 2 aromatic heterocycles. The highest BCUT2D eigenvalue weighted by Gasteiger charge is 2.20. The van der Waals surface area contributed by atoms with Gasteiger partial charge >= 0.3 is 0 Å². The molecule has 6 heteroatoms. The molecule has 0 aliphatic heterocycles. The summed E-state index contributed by atoms with van der Waals surface area (Å²) in [5.41, 5.74) is 1.37. The van der Waals surface area contributed by atoms with E-state index < -0.39 is 11.9 Å². The van der Waals surface area contributed by atoms with Gasteiger partial charge in [0.2, 0.25) is 0 Å². The fourth-order valence-electron chi connectivity index (χ4n) is 1.96. The molecule has 2 heterocycles. The molecule has 19 heavy (non-hydrogen) atoms. The number of aliphatic hydroxyl groups is 1. The minimum atomic E-state index is -1.08. The average molecular weight is 322 g/mol. The second-order valence-corrected chi connectivity index (χ2v) is 4.91. The molecule has 1 atom stereocenters. The van der Waals surface area contributed by atoms with Crippen LogP contribution in [0.1, 0.15) is 17.2 Å². The minimum absolute atomic E-state index is 0.202. The van der Waals surface area contributed by atoms with Crippen molar-refractivity contribution in [2.24, 2.45) is 0 Å². The highest BCUT2D eigenvalue weighted by Crippen LogP contribution is 2.29. The standard InChI is InChI=1S/C13H9BrFN3O/c14-10-3-1-2-8(12(10)15)13(19)9-6-17-18-5-4-16-7-11(9)18/h1-7,13,19H. The maximum atomic E-state index is 14.0. The van der Waals surface area contributed by atoms with E-state index in [1.165, 1.54) is 6.20 Å².